The van der Waals surface area contributed by atoms with E-state index < -0.39 is 7.14 Å². The molecular formula is C37H28N3OP. The normalized spacial score (nSPS) is 11.7. The fourth-order valence-electron chi connectivity index (χ4n) is 5.59. The van der Waals surface area contributed by atoms with Gasteiger partial charge in [-0.2, -0.15) is 0 Å². The number of benzene rings is 6. The molecule has 42 heavy (non-hydrogen) atoms. The van der Waals surface area contributed by atoms with E-state index in [1.54, 1.807) is 0 Å². The Morgan fingerprint density at radius 1 is 0.405 bits per heavy atom. The van der Waals surface area contributed by atoms with Crippen LogP contribution in [0.5, 0.6) is 0 Å². The molecule has 1 aromatic heterocycles. The third-order valence-electron chi connectivity index (χ3n) is 7.63. The molecule has 4 nitrogen and oxygen atoms in total. The van der Waals surface area contributed by atoms with Crippen molar-refractivity contribution in [3.05, 3.63) is 133 Å². The van der Waals surface area contributed by atoms with Crippen molar-refractivity contribution in [2.75, 3.05) is 13.3 Å². The second kappa shape index (κ2) is 10.5. The summed E-state index contributed by atoms with van der Waals surface area (Å²) in [5.74, 6) is 1.90. The Morgan fingerprint density at radius 2 is 0.786 bits per heavy atom. The van der Waals surface area contributed by atoms with E-state index in [0.717, 1.165) is 54.7 Å². The van der Waals surface area contributed by atoms with Gasteiger partial charge in [0.2, 0.25) is 0 Å². The van der Waals surface area contributed by atoms with E-state index in [1.807, 2.05) is 86.1 Å². The Kier molecular flexibility index (Phi) is 6.49. The van der Waals surface area contributed by atoms with E-state index in [2.05, 4.69) is 60.7 Å². The van der Waals surface area contributed by atoms with Gasteiger partial charge in [-0.3, -0.25) is 0 Å². The van der Waals surface area contributed by atoms with Crippen molar-refractivity contribution in [2.24, 2.45) is 0 Å². The fraction of sp³-hybridized carbons (Fsp3) is 0.0541. The maximum absolute atomic E-state index is 12.7. The van der Waals surface area contributed by atoms with Crippen molar-refractivity contribution < 1.29 is 4.57 Å². The van der Waals surface area contributed by atoms with Crippen molar-refractivity contribution in [3.8, 4) is 45.3 Å². The minimum atomic E-state index is -2.36. The largest absolute Gasteiger partial charge is 0.319 e. The lowest BCUT2D eigenvalue weighted by molar-refractivity contribution is 0.588. The molecule has 1 heterocycles. The van der Waals surface area contributed by atoms with Gasteiger partial charge in [-0.15, -0.1) is 0 Å². The molecule has 0 aliphatic carbocycles. The second-order valence-electron chi connectivity index (χ2n) is 10.8. The molecule has 6 aromatic carbocycles. The molecule has 7 aromatic rings. The topological polar surface area (TPSA) is 55.7 Å². The van der Waals surface area contributed by atoms with E-state index in [1.165, 1.54) is 0 Å². The number of rotatable bonds is 5. The van der Waals surface area contributed by atoms with Crippen LogP contribution in [0.3, 0.4) is 0 Å². The highest BCUT2D eigenvalue weighted by Crippen LogP contribution is 2.43. The van der Waals surface area contributed by atoms with E-state index in [0.29, 0.717) is 17.5 Å². The molecule has 0 aliphatic rings. The Bertz CT molecular complexity index is 2010. The van der Waals surface area contributed by atoms with Crippen molar-refractivity contribution in [3.63, 3.8) is 0 Å². The zero-order chi connectivity index (χ0) is 28.7. The summed E-state index contributed by atoms with van der Waals surface area (Å²) in [6.45, 7) is 3.62. The second-order valence-corrected chi connectivity index (χ2v) is 14.0. The predicted molar refractivity (Wildman–Crippen MR) is 176 cm³/mol. The van der Waals surface area contributed by atoms with Crippen molar-refractivity contribution in [2.45, 2.75) is 0 Å². The van der Waals surface area contributed by atoms with Gasteiger partial charge in [0.1, 0.15) is 7.14 Å². The van der Waals surface area contributed by atoms with Gasteiger partial charge in [0.15, 0.2) is 17.5 Å². The average Bonchev–Trinajstić information content (AvgIpc) is 3.04. The Morgan fingerprint density at radius 3 is 1.21 bits per heavy atom. The Balaban J connectivity index is 1.55. The van der Waals surface area contributed by atoms with Crippen LogP contribution in [0, 0.1) is 0 Å². The zero-order valence-corrected chi connectivity index (χ0v) is 24.3. The van der Waals surface area contributed by atoms with Crippen LogP contribution in [0.2, 0.25) is 0 Å². The highest BCUT2D eigenvalue weighted by atomic mass is 31.2. The van der Waals surface area contributed by atoms with Crippen LogP contribution in [-0.2, 0) is 4.57 Å². The van der Waals surface area contributed by atoms with Crippen LogP contribution in [0.25, 0.3) is 66.8 Å². The lowest BCUT2D eigenvalue weighted by atomic mass is 9.88. The zero-order valence-electron chi connectivity index (χ0n) is 23.4. The molecule has 0 aliphatic heterocycles. The molecule has 0 atom stereocenters. The number of hydrogen-bond acceptors (Lipinski definition) is 4. The molecule has 0 radical (unpaired) electrons. The molecular weight excluding hydrogens is 533 g/mol. The quantitative estimate of drug-likeness (QED) is 0.155. The van der Waals surface area contributed by atoms with Gasteiger partial charge in [-0.05, 0) is 46.0 Å². The maximum atomic E-state index is 12.7. The third kappa shape index (κ3) is 4.70. The van der Waals surface area contributed by atoms with Crippen LogP contribution in [0.15, 0.2) is 133 Å². The van der Waals surface area contributed by atoms with Crippen LogP contribution >= 0.6 is 7.14 Å². The molecule has 5 heteroatoms. The van der Waals surface area contributed by atoms with Gasteiger partial charge >= 0.3 is 0 Å². The Labute approximate surface area is 245 Å². The Hall–Kier alpha value is -4.92. The number of fused-ring (bicyclic) bond motifs is 2. The maximum Gasteiger partial charge on any atom is 0.165 e. The van der Waals surface area contributed by atoms with Gasteiger partial charge in [0.05, 0.1) is 0 Å². The van der Waals surface area contributed by atoms with E-state index >= 15 is 0 Å². The molecule has 0 unspecified atom stereocenters. The minimum absolute atomic E-state index is 0.634. The van der Waals surface area contributed by atoms with E-state index in [9.17, 15) is 4.57 Å². The first kappa shape index (κ1) is 26.0. The van der Waals surface area contributed by atoms with Crippen LogP contribution in [0.1, 0.15) is 0 Å². The smallest absolute Gasteiger partial charge is 0.165 e. The third-order valence-corrected chi connectivity index (χ3v) is 9.17. The minimum Gasteiger partial charge on any atom is -0.319 e. The first-order valence-electron chi connectivity index (χ1n) is 13.9. The number of hydrogen-bond donors (Lipinski definition) is 0. The first-order chi connectivity index (χ1) is 20.5. The van der Waals surface area contributed by atoms with Gasteiger partial charge in [-0.25, -0.2) is 15.0 Å². The summed E-state index contributed by atoms with van der Waals surface area (Å²) >= 11 is 0. The average molecular weight is 562 g/mol. The molecule has 7 rings (SSSR count). The summed E-state index contributed by atoms with van der Waals surface area (Å²) in [5, 5.41) is 5.23. The monoisotopic (exact) mass is 561 g/mol. The molecule has 0 spiro atoms. The first-order valence-corrected chi connectivity index (χ1v) is 16.5. The van der Waals surface area contributed by atoms with Crippen LogP contribution < -0.4 is 5.30 Å². The summed E-state index contributed by atoms with van der Waals surface area (Å²) in [7, 11) is -2.36. The van der Waals surface area contributed by atoms with E-state index in [-0.39, 0.29) is 0 Å². The highest BCUT2D eigenvalue weighted by Gasteiger charge is 2.21. The molecule has 0 amide bonds. The van der Waals surface area contributed by atoms with Crippen molar-refractivity contribution in [1.82, 2.24) is 15.0 Å². The summed E-state index contributed by atoms with van der Waals surface area (Å²) < 4.78 is 12.7. The predicted octanol–water partition coefficient (Wildman–Crippen LogP) is 9.09. The summed E-state index contributed by atoms with van der Waals surface area (Å²) in [5.41, 5.74) is 5.07. The molecule has 0 N–H and O–H groups in total. The number of nitrogens with zero attached hydrogens (tertiary/aromatic N) is 3. The summed E-state index contributed by atoms with van der Waals surface area (Å²) in [6, 6.07) is 45.2. The molecule has 0 saturated carbocycles. The summed E-state index contributed by atoms with van der Waals surface area (Å²) in [4.78, 5) is 15.1. The van der Waals surface area contributed by atoms with Gasteiger partial charge < -0.3 is 4.57 Å². The fourth-order valence-corrected chi connectivity index (χ4v) is 6.45. The molecule has 0 fully saturated rings. The summed E-state index contributed by atoms with van der Waals surface area (Å²) in [6.07, 6.45) is 0. The highest BCUT2D eigenvalue weighted by molar-refractivity contribution is 7.70. The van der Waals surface area contributed by atoms with Crippen LogP contribution in [0.4, 0.5) is 0 Å². The lowest BCUT2D eigenvalue weighted by Gasteiger charge is -2.18. The van der Waals surface area contributed by atoms with E-state index in [4.69, 9.17) is 15.0 Å². The molecule has 0 bridgehead atoms. The van der Waals surface area contributed by atoms with Crippen molar-refractivity contribution in [1.29, 1.82) is 0 Å². The van der Waals surface area contributed by atoms with Crippen molar-refractivity contribution >= 4 is 34.0 Å². The lowest BCUT2D eigenvalue weighted by Crippen LogP contribution is -2.02. The van der Waals surface area contributed by atoms with Gasteiger partial charge in [0.25, 0.3) is 0 Å². The molecule has 0 saturated heterocycles. The van der Waals surface area contributed by atoms with Gasteiger partial charge in [0, 0.05) is 22.0 Å². The molecule has 202 valence electrons. The standard InChI is InChI=1S/C37H28N3OP/c1-42(2,41)28-23-21-25(22-24-28)33-29-17-9-11-19-31(29)34(32-20-12-10-18-30(32)33)37-39-35(26-13-5-3-6-14-26)38-36(40-37)27-15-7-4-8-16-27/h3-24H,1-2H3. The number of aromatic nitrogens is 3. The SMILES string of the molecule is CP(C)(=O)c1ccc(-c2c3ccccc3c(-c3nc(-c4ccccc4)nc(-c4ccccc4)n3)c3ccccc23)cc1. The van der Waals surface area contributed by atoms with Crippen LogP contribution in [-0.4, -0.2) is 28.3 Å². The van der Waals surface area contributed by atoms with Gasteiger partial charge in [-0.1, -0.05) is 133 Å².